The van der Waals surface area contributed by atoms with Gasteiger partial charge in [0, 0.05) is 35.3 Å². The summed E-state index contributed by atoms with van der Waals surface area (Å²) in [6.45, 7) is 8.85. The van der Waals surface area contributed by atoms with E-state index >= 15 is 0 Å². The average molecular weight is 453 g/mol. The molecule has 5 heteroatoms. The summed E-state index contributed by atoms with van der Waals surface area (Å²) >= 11 is 0. The van der Waals surface area contributed by atoms with Gasteiger partial charge in [-0.05, 0) is 74.1 Å². The molecule has 0 bridgehead atoms. The molecule has 1 fully saturated rings. The highest BCUT2D eigenvalue weighted by molar-refractivity contribution is 6.19. The van der Waals surface area contributed by atoms with Crippen LogP contribution in [-0.2, 0) is 4.79 Å². The molecule has 1 saturated carbocycles. The number of aliphatic imine (C=N–C) groups is 1. The van der Waals surface area contributed by atoms with Crippen molar-refractivity contribution in [2.45, 2.75) is 57.9 Å². The lowest BCUT2D eigenvalue weighted by molar-refractivity contribution is -0.126. The van der Waals surface area contributed by atoms with Crippen molar-refractivity contribution in [2.75, 3.05) is 11.9 Å². The van der Waals surface area contributed by atoms with Gasteiger partial charge < -0.3 is 10.2 Å². The second-order valence-electron chi connectivity index (χ2n) is 9.71. The van der Waals surface area contributed by atoms with Crippen LogP contribution in [0.1, 0.15) is 63.0 Å². The van der Waals surface area contributed by atoms with Gasteiger partial charge in [0.2, 0.25) is 0 Å². The molecule has 0 radical (unpaired) electrons. The molecule has 0 spiro atoms. The highest BCUT2D eigenvalue weighted by Gasteiger charge is 2.36. The van der Waals surface area contributed by atoms with Crippen molar-refractivity contribution >= 4 is 23.1 Å². The molecule has 1 N–H and O–H groups in total. The first-order valence-corrected chi connectivity index (χ1v) is 12.3. The van der Waals surface area contributed by atoms with Gasteiger partial charge in [-0.15, -0.1) is 0 Å². The number of rotatable bonds is 4. The molecule has 0 unspecified atom stereocenters. The summed E-state index contributed by atoms with van der Waals surface area (Å²) in [6.07, 6.45) is 12.0. The predicted molar refractivity (Wildman–Crippen MR) is 139 cm³/mol. The smallest absolute Gasteiger partial charge is 0.255 e. The molecule has 3 aliphatic rings. The molecule has 0 atom stereocenters. The first-order chi connectivity index (χ1) is 16.5. The van der Waals surface area contributed by atoms with Gasteiger partial charge in [0.05, 0.1) is 17.8 Å². The summed E-state index contributed by atoms with van der Waals surface area (Å²) in [5.74, 6) is 1.40. The summed E-state index contributed by atoms with van der Waals surface area (Å²) in [4.78, 5) is 24.3. The number of aromatic nitrogens is 1. The van der Waals surface area contributed by atoms with Crippen molar-refractivity contribution < 1.29 is 4.79 Å². The zero-order valence-electron chi connectivity index (χ0n) is 20.1. The van der Waals surface area contributed by atoms with Crippen LogP contribution in [0.25, 0.3) is 5.70 Å². The zero-order chi connectivity index (χ0) is 23.7. The van der Waals surface area contributed by atoms with Gasteiger partial charge in [0.1, 0.15) is 5.84 Å². The number of anilines is 1. The van der Waals surface area contributed by atoms with Crippen molar-refractivity contribution in [1.82, 2.24) is 9.88 Å². The van der Waals surface area contributed by atoms with Gasteiger partial charge in [-0.1, -0.05) is 38.0 Å². The van der Waals surface area contributed by atoms with E-state index in [0.29, 0.717) is 29.4 Å². The lowest BCUT2D eigenvalue weighted by atomic mass is 9.84. The topological polar surface area (TPSA) is 57.6 Å². The SMILES string of the molecule is C=C1C=C(c2ccncc2)N=C(Nc2ccc(C3CCCCC3)cc2)C2=C1C(=O)N(C(C)C)C2. The number of nitrogens with zero attached hydrogens (tertiary/aromatic N) is 3. The highest BCUT2D eigenvalue weighted by atomic mass is 16.2. The molecule has 1 aromatic heterocycles. The maximum absolute atomic E-state index is 13.3. The quantitative estimate of drug-likeness (QED) is 0.610. The third-order valence-electron chi connectivity index (χ3n) is 7.10. The number of amidine groups is 1. The molecule has 2 aromatic rings. The summed E-state index contributed by atoms with van der Waals surface area (Å²) in [7, 11) is 0. The fourth-order valence-electron chi connectivity index (χ4n) is 5.18. The maximum atomic E-state index is 13.3. The Morgan fingerprint density at radius 1 is 1.03 bits per heavy atom. The normalized spacial score (nSPS) is 19.2. The Labute approximate surface area is 202 Å². The van der Waals surface area contributed by atoms with Crippen molar-refractivity contribution in [3.63, 3.8) is 0 Å². The lowest BCUT2D eigenvalue weighted by Gasteiger charge is -2.23. The highest BCUT2D eigenvalue weighted by Crippen LogP contribution is 2.35. The minimum absolute atomic E-state index is 0.0179. The summed E-state index contributed by atoms with van der Waals surface area (Å²) in [6, 6.07) is 12.7. The fourth-order valence-corrected chi connectivity index (χ4v) is 5.18. The Kier molecular flexibility index (Phi) is 6.18. The van der Waals surface area contributed by atoms with Crippen LogP contribution < -0.4 is 5.32 Å². The minimum atomic E-state index is 0.0179. The van der Waals surface area contributed by atoms with Crippen LogP contribution in [0.3, 0.4) is 0 Å². The van der Waals surface area contributed by atoms with E-state index < -0.39 is 0 Å². The molecule has 5 rings (SSSR count). The molecule has 0 saturated heterocycles. The van der Waals surface area contributed by atoms with Crippen LogP contribution in [0.2, 0.25) is 0 Å². The van der Waals surface area contributed by atoms with E-state index in [1.165, 1.54) is 37.7 Å². The van der Waals surface area contributed by atoms with E-state index in [-0.39, 0.29) is 11.9 Å². The molecule has 3 heterocycles. The summed E-state index contributed by atoms with van der Waals surface area (Å²) < 4.78 is 0. The van der Waals surface area contributed by atoms with Gasteiger partial charge in [-0.3, -0.25) is 9.78 Å². The van der Waals surface area contributed by atoms with Crippen LogP contribution in [0.5, 0.6) is 0 Å². The number of nitrogens with one attached hydrogen (secondary N) is 1. The van der Waals surface area contributed by atoms with E-state index in [2.05, 4.69) is 41.1 Å². The van der Waals surface area contributed by atoms with E-state index in [1.807, 2.05) is 37.0 Å². The number of carbonyl (C=O) groups excluding carboxylic acids is 1. The Morgan fingerprint density at radius 3 is 2.41 bits per heavy atom. The second kappa shape index (κ2) is 9.41. The van der Waals surface area contributed by atoms with Crippen molar-refractivity contribution in [3.05, 3.63) is 89.3 Å². The Morgan fingerprint density at radius 2 is 1.74 bits per heavy atom. The molecule has 1 aromatic carbocycles. The molecule has 1 aliphatic carbocycles. The first kappa shape index (κ1) is 22.3. The number of benzene rings is 1. The summed E-state index contributed by atoms with van der Waals surface area (Å²) in [5, 5.41) is 3.54. The van der Waals surface area contributed by atoms with Crippen LogP contribution in [0.4, 0.5) is 5.69 Å². The van der Waals surface area contributed by atoms with Crippen molar-refractivity contribution in [3.8, 4) is 0 Å². The maximum Gasteiger partial charge on any atom is 0.255 e. The lowest BCUT2D eigenvalue weighted by Crippen LogP contribution is -2.34. The number of allylic oxidation sites excluding steroid dienone is 1. The molecular formula is C29H32N4O. The minimum Gasteiger partial charge on any atom is -0.340 e. The Bertz CT molecular complexity index is 1180. The number of pyridine rings is 1. The van der Waals surface area contributed by atoms with Crippen LogP contribution in [0, 0.1) is 0 Å². The summed E-state index contributed by atoms with van der Waals surface area (Å²) in [5.41, 5.74) is 6.36. The zero-order valence-corrected chi connectivity index (χ0v) is 20.1. The van der Waals surface area contributed by atoms with Gasteiger partial charge >= 0.3 is 0 Å². The van der Waals surface area contributed by atoms with E-state index in [9.17, 15) is 4.79 Å². The molecule has 1 amide bonds. The first-order valence-electron chi connectivity index (χ1n) is 12.3. The van der Waals surface area contributed by atoms with Crippen LogP contribution in [0.15, 0.2) is 83.2 Å². The third kappa shape index (κ3) is 4.35. The van der Waals surface area contributed by atoms with Gasteiger partial charge in [0.15, 0.2) is 0 Å². The average Bonchev–Trinajstić information content (AvgIpc) is 3.15. The Balaban J connectivity index is 1.49. The van der Waals surface area contributed by atoms with Gasteiger partial charge in [0.25, 0.3) is 5.91 Å². The largest absolute Gasteiger partial charge is 0.340 e. The Hall–Kier alpha value is -3.47. The monoisotopic (exact) mass is 452 g/mol. The molecule has 174 valence electrons. The molecule has 34 heavy (non-hydrogen) atoms. The van der Waals surface area contributed by atoms with Crippen LogP contribution in [-0.4, -0.2) is 34.2 Å². The second-order valence-corrected chi connectivity index (χ2v) is 9.71. The number of amides is 1. The molecule has 5 nitrogen and oxygen atoms in total. The van der Waals surface area contributed by atoms with Crippen LogP contribution >= 0.6 is 0 Å². The molecular weight excluding hydrogens is 420 g/mol. The van der Waals surface area contributed by atoms with Gasteiger partial charge in [-0.25, -0.2) is 4.99 Å². The number of carbonyl (C=O) groups is 1. The van der Waals surface area contributed by atoms with E-state index in [1.54, 1.807) is 12.4 Å². The molecule has 2 aliphatic heterocycles. The third-order valence-corrected chi connectivity index (χ3v) is 7.10. The number of hydrogen-bond acceptors (Lipinski definition) is 4. The van der Waals surface area contributed by atoms with Crippen molar-refractivity contribution in [1.29, 1.82) is 0 Å². The van der Waals surface area contributed by atoms with E-state index in [0.717, 1.165) is 22.5 Å². The standard InChI is InChI=1S/C29H32N4O/c1-19(2)33-18-25-27(29(33)34)20(3)17-26(23-13-15-30-16-14-23)32-28(25)31-24-11-9-22(10-12-24)21-7-5-4-6-8-21/h9-17,19,21H,3-8,18H2,1-2H3,(H,31,32). The fraction of sp³-hybridized carbons (Fsp3) is 0.345. The van der Waals surface area contributed by atoms with Crippen molar-refractivity contribution in [2.24, 2.45) is 4.99 Å². The predicted octanol–water partition coefficient (Wildman–Crippen LogP) is 6.10. The van der Waals surface area contributed by atoms with E-state index in [4.69, 9.17) is 4.99 Å². The van der Waals surface area contributed by atoms with Gasteiger partial charge in [-0.2, -0.15) is 0 Å². The number of hydrogen-bond donors (Lipinski definition) is 1.